The average molecular weight is 253 g/mol. The summed E-state index contributed by atoms with van der Waals surface area (Å²) in [6, 6.07) is 9.17. The Hall–Kier alpha value is -2.62. The van der Waals surface area contributed by atoms with Gasteiger partial charge in [0.25, 0.3) is 0 Å². The van der Waals surface area contributed by atoms with Crippen LogP contribution in [0.15, 0.2) is 60.5 Å². The molecular weight excluding hydrogens is 238 g/mol. The van der Waals surface area contributed by atoms with Gasteiger partial charge in [-0.2, -0.15) is 5.10 Å². The number of pyridine rings is 1. The number of phenolic OH excluding ortho intramolecular Hbond substituents is 1. The normalized spacial score (nSPS) is 10.5. The monoisotopic (exact) mass is 253 g/mol. The van der Waals surface area contributed by atoms with E-state index in [1.807, 2.05) is 24.3 Å². The summed E-state index contributed by atoms with van der Waals surface area (Å²) in [5, 5.41) is 14.1. The number of aromatic hydroxyl groups is 1. The van der Waals surface area contributed by atoms with E-state index in [1.54, 1.807) is 30.8 Å². The summed E-state index contributed by atoms with van der Waals surface area (Å²) in [4.78, 5) is 3.92. The maximum absolute atomic E-state index is 10.0. The van der Waals surface area contributed by atoms with Gasteiger partial charge in [0.2, 0.25) is 0 Å². The van der Waals surface area contributed by atoms with Crippen LogP contribution in [0, 0.1) is 0 Å². The molecule has 2 aromatic rings. The molecule has 0 bridgehead atoms. The number of allylic oxidation sites excluding steroid dienone is 1. The molecule has 0 atom stereocenters. The van der Waals surface area contributed by atoms with E-state index in [-0.39, 0.29) is 5.75 Å². The zero-order valence-electron chi connectivity index (χ0n) is 10.5. The SMILES string of the molecule is C=CCc1cccc(/C=N/Nc2ccncc2)c1O. The smallest absolute Gasteiger partial charge is 0.127 e. The number of anilines is 1. The molecule has 0 aliphatic rings. The van der Waals surface area contributed by atoms with Gasteiger partial charge in [-0.3, -0.25) is 10.4 Å². The first-order chi connectivity index (χ1) is 9.31. The quantitative estimate of drug-likeness (QED) is 0.489. The van der Waals surface area contributed by atoms with Crippen molar-refractivity contribution >= 4 is 11.9 Å². The van der Waals surface area contributed by atoms with Gasteiger partial charge < -0.3 is 5.11 Å². The van der Waals surface area contributed by atoms with Gasteiger partial charge in [0.15, 0.2) is 0 Å². The number of rotatable bonds is 5. The number of hydrazone groups is 1. The Morgan fingerprint density at radius 3 is 2.79 bits per heavy atom. The van der Waals surface area contributed by atoms with Crippen molar-refractivity contribution in [3.05, 3.63) is 66.5 Å². The third-order valence-electron chi connectivity index (χ3n) is 2.59. The number of phenols is 1. The van der Waals surface area contributed by atoms with Crippen molar-refractivity contribution < 1.29 is 5.11 Å². The highest BCUT2D eigenvalue weighted by atomic mass is 16.3. The summed E-state index contributed by atoms with van der Waals surface area (Å²) in [6.45, 7) is 3.67. The van der Waals surface area contributed by atoms with E-state index in [1.165, 1.54) is 0 Å². The molecule has 4 heteroatoms. The molecule has 1 aromatic heterocycles. The van der Waals surface area contributed by atoms with E-state index < -0.39 is 0 Å². The largest absolute Gasteiger partial charge is 0.507 e. The van der Waals surface area contributed by atoms with Crippen molar-refractivity contribution in [2.45, 2.75) is 6.42 Å². The number of nitrogens with one attached hydrogen (secondary N) is 1. The molecule has 0 unspecified atom stereocenters. The molecule has 0 saturated carbocycles. The van der Waals surface area contributed by atoms with Gasteiger partial charge in [-0.25, -0.2) is 0 Å². The van der Waals surface area contributed by atoms with Crippen LogP contribution in [-0.4, -0.2) is 16.3 Å². The van der Waals surface area contributed by atoms with Gasteiger partial charge in [-0.1, -0.05) is 18.2 Å². The second-order valence-electron chi connectivity index (χ2n) is 3.95. The van der Waals surface area contributed by atoms with Crippen molar-refractivity contribution in [2.75, 3.05) is 5.43 Å². The first kappa shape index (κ1) is 12.8. The molecule has 0 aliphatic carbocycles. The third kappa shape index (κ3) is 3.42. The van der Waals surface area contributed by atoms with Crippen molar-refractivity contribution in [1.29, 1.82) is 0 Å². The molecule has 0 saturated heterocycles. The summed E-state index contributed by atoms with van der Waals surface area (Å²) >= 11 is 0. The van der Waals surface area contributed by atoms with Crippen LogP contribution in [0.4, 0.5) is 5.69 Å². The van der Waals surface area contributed by atoms with Crippen molar-refractivity contribution in [1.82, 2.24) is 4.98 Å². The summed E-state index contributed by atoms with van der Waals surface area (Å²) in [6.07, 6.45) is 7.33. The number of para-hydroxylation sites is 1. The molecule has 2 rings (SSSR count). The number of hydrogen-bond acceptors (Lipinski definition) is 4. The fourth-order valence-corrected chi connectivity index (χ4v) is 1.64. The minimum absolute atomic E-state index is 0.239. The molecule has 1 aromatic carbocycles. The second kappa shape index (κ2) is 6.35. The third-order valence-corrected chi connectivity index (χ3v) is 2.59. The number of benzene rings is 1. The Labute approximate surface area is 112 Å². The Balaban J connectivity index is 2.10. The lowest BCUT2D eigenvalue weighted by atomic mass is 10.1. The van der Waals surface area contributed by atoms with Crippen molar-refractivity contribution in [2.24, 2.45) is 5.10 Å². The molecule has 0 amide bonds. The molecule has 0 aliphatic heterocycles. The van der Waals surface area contributed by atoms with Gasteiger partial charge >= 0.3 is 0 Å². The van der Waals surface area contributed by atoms with E-state index in [4.69, 9.17) is 0 Å². The molecule has 2 N–H and O–H groups in total. The maximum Gasteiger partial charge on any atom is 0.127 e. The van der Waals surface area contributed by atoms with Gasteiger partial charge in [0.05, 0.1) is 11.9 Å². The highest BCUT2D eigenvalue weighted by Crippen LogP contribution is 2.21. The fraction of sp³-hybridized carbons (Fsp3) is 0.0667. The average Bonchev–Trinajstić information content (AvgIpc) is 2.44. The highest BCUT2D eigenvalue weighted by Gasteiger charge is 2.03. The minimum Gasteiger partial charge on any atom is -0.507 e. The van der Waals surface area contributed by atoms with Gasteiger partial charge in [-0.05, 0) is 30.2 Å². The van der Waals surface area contributed by atoms with E-state index >= 15 is 0 Å². The van der Waals surface area contributed by atoms with Gasteiger partial charge in [0.1, 0.15) is 5.75 Å². The first-order valence-corrected chi connectivity index (χ1v) is 5.92. The summed E-state index contributed by atoms with van der Waals surface area (Å²) in [5.41, 5.74) is 5.21. The fourth-order valence-electron chi connectivity index (χ4n) is 1.64. The van der Waals surface area contributed by atoms with Crippen LogP contribution < -0.4 is 5.43 Å². The Kier molecular flexibility index (Phi) is 4.29. The topological polar surface area (TPSA) is 57.5 Å². The maximum atomic E-state index is 10.0. The zero-order valence-corrected chi connectivity index (χ0v) is 10.5. The first-order valence-electron chi connectivity index (χ1n) is 5.92. The molecule has 96 valence electrons. The van der Waals surface area contributed by atoms with E-state index in [0.717, 1.165) is 11.3 Å². The molecule has 4 nitrogen and oxygen atoms in total. The summed E-state index contributed by atoms with van der Waals surface area (Å²) in [5.74, 6) is 0.239. The predicted octanol–water partition coefficient (Wildman–Crippen LogP) is 2.96. The lowest BCUT2D eigenvalue weighted by Gasteiger charge is -2.04. The molecule has 0 fully saturated rings. The van der Waals surface area contributed by atoms with Crippen LogP contribution in [0.25, 0.3) is 0 Å². The van der Waals surface area contributed by atoms with Crippen LogP contribution >= 0.6 is 0 Å². The Bertz CT molecular complexity index is 579. The van der Waals surface area contributed by atoms with E-state index in [9.17, 15) is 5.11 Å². The Morgan fingerprint density at radius 2 is 2.05 bits per heavy atom. The summed E-state index contributed by atoms with van der Waals surface area (Å²) in [7, 11) is 0. The number of nitrogens with zero attached hydrogens (tertiary/aromatic N) is 2. The lowest BCUT2D eigenvalue weighted by Crippen LogP contribution is -1.93. The van der Waals surface area contributed by atoms with Crippen LogP contribution in [0.1, 0.15) is 11.1 Å². The molecule has 0 spiro atoms. The predicted molar refractivity (Wildman–Crippen MR) is 77.5 cm³/mol. The number of hydrogen-bond donors (Lipinski definition) is 2. The van der Waals surface area contributed by atoms with Crippen LogP contribution in [0.5, 0.6) is 5.75 Å². The van der Waals surface area contributed by atoms with Crippen molar-refractivity contribution in [3.63, 3.8) is 0 Å². The van der Waals surface area contributed by atoms with E-state index in [2.05, 4.69) is 22.1 Å². The number of aromatic nitrogens is 1. The molecule has 0 radical (unpaired) electrons. The molecule has 19 heavy (non-hydrogen) atoms. The van der Waals surface area contributed by atoms with Gasteiger partial charge in [0, 0.05) is 18.0 Å². The molecule has 1 heterocycles. The van der Waals surface area contributed by atoms with Crippen LogP contribution in [0.3, 0.4) is 0 Å². The highest BCUT2D eigenvalue weighted by molar-refractivity contribution is 5.84. The molecular formula is C15H15N3O. The Morgan fingerprint density at radius 1 is 1.26 bits per heavy atom. The summed E-state index contributed by atoms with van der Waals surface area (Å²) < 4.78 is 0. The van der Waals surface area contributed by atoms with Crippen molar-refractivity contribution in [3.8, 4) is 5.75 Å². The van der Waals surface area contributed by atoms with Crippen LogP contribution in [0.2, 0.25) is 0 Å². The van der Waals surface area contributed by atoms with Crippen LogP contribution in [-0.2, 0) is 6.42 Å². The zero-order chi connectivity index (χ0) is 13.5. The van der Waals surface area contributed by atoms with Gasteiger partial charge in [-0.15, -0.1) is 6.58 Å². The minimum atomic E-state index is 0.239. The standard InChI is InChI=1S/C15H15N3O/c1-2-4-12-5-3-6-13(15(12)19)11-17-18-14-7-9-16-10-8-14/h2-3,5-11,19H,1,4H2,(H,16,18)/b17-11+. The second-order valence-corrected chi connectivity index (χ2v) is 3.95. The lowest BCUT2D eigenvalue weighted by molar-refractivity contribution is 0.469. The van der Waals surface area contributed by atoms with E-state index in [0.29, 0.717) is 12.0 Å².